The predicted octanol–water partition coefficient (Wildman–Crippen LogP) is 4.19. The van der Waals surface area contributed by atoms with E-state index in [9.17, 15) is 9.18 Å². The zero-order valence-corrected chi connectivity index (χ0v) is 14.5. The van der Waals surface area contributed by atoms with Gasteiger partial charge in [-0.25, -0.2) is 4.39 Å². The Labute approximate surface area is 150 Å². The summed E-state index contributed by atoms with van der Waals surface area (Å²) in [5.41, 5.74) is 3.87. The number of aromatic nitrogens is 2. The van der Waals surface area contributed by atoms with E-state index in [1.807, 2.05) is 38.1 Å². The molecule has 1 amide bonds. The molecule has 2 heterocycles. The Kier molecular flexibility index (Phi) is 3.95. The van der Waals surface area contributed by atoms with Gasteiger partial charge in [0.15, 0.2) is 0 Å². The lowest BCUT2D eigenvalue weighted by Gasteiger charge is -2.40. The average Bonchev–Trinajstić information content (AvgIpc) is 3.11. The Morgan fingerprint density at radius 1 is 1.12 bits per heavy atom. The van der Waals surface area contributed by atoms with Crippen LogP contribution in [0.25, 0.3) is 11.3 Å². The topological polar surface area (TPSA) is 61.0 Å². The summed E-state index contributed by atoms with van der Waals surface area (Å²) >= 11 is 0. The van der Waals surface area contributed by atoms with E-state index in [1.54, 1.807) is 23.2 Å². The number of para-hydroxylation sites is 1. The highest BCUT2D eigenvalue weighted by Gasteiger charge is 2.36. The lowest BCUT2D eigenvalue weighted by Crippen LogP contribution is -2.46. The number of nitrogens with one attached hydrogen (secondary N) is 2. The maximum Gasteiger partial charge on any atom is 0.258 e. The van der Waals surface area contributed by atoms with Gasteiger partial charge < -0.3 is 10.2 Å². The van der Waals surface area contributed by atoms with Gasteiger partial charge in [0.1, 0.15) is 12.0 Å². The molecule has 0 radical (unpaired) electrons. The van der Waals surface area contributed by atoms with Gasteiger partial charge in [0.2, 0.25) is 0 Å². The third-order valence-electron chi connectivity index (χ3n) is 4.61. The summed E-state index contributed by atoms with van der Waals surface area (Å²) in [5.74, 6) is -0.316. The largest absolute Gasteiger partial charge is 0.361 e. The maximum atomic E-state index is 13.3. The fourth-order valence-corrected chi connectivity index (χ4v) is 3.38. The number of hydrogen-bond acceptors (Lipinski definition) is 3. The highest BCUT2D eigenvalue weighted by molar-refractivity contribution is 6.02. The van der Waals surface area contributed by atoms with Crippen LogP contribution in [0.15, 0.2) is 54.7 Å². The van der Waals surface area contributed by atoms with Crippen LogP contribution in [-0.2, 0) is 0 Å². The highest BCUT2D eigenvalue weighted by Crippen LogP contribution is 2.37. The molecule has 1 aromatic heterocycles. The lowest BCUT2D eigenvalue weighted by atomic mass is 10.00. The van der Waals surface area contributed by atoms with Gasteiger partial charge in [0.25, 0.3) is 5.91 Å². The highest BCUT2D eigenvalue weighted by atomic mass is 19.1. The molecule has 1 aliphatic rings. The molecule has 26 heavy (non-hydrogen) atoms. The van der Waals surface area contributed by atoms with Crippen LogP contribution in [-0.4, -0.2) is 27.0 Å². The smallest absolute Gasteiger partial charge is 0.258 e. The van der Waals surface area contributed by atoms with Gasteiger partial charge in [-0.1, -0.05) is 12.1 Å². The molecular formula is C20H19FN4O. The molecule has 2 aromatic carbocycles. The van der Waals surface area contributed by atoms with Crippen molar-refractivity contribution in [1.29, 1.82) is 0 Å². The number of carbonyl (C=O) groups excluding carboxylic acids is 1. The van der Waals surface area contributed by atoms with Crippen molar-refractivity contribution in [3.8, 4) is 11.3 Å². The van der Waals surface area contributed by atoms with E-state index in [0.717, 1.165) is 22.5 Å². The van der Waals surface area contributed by atoms with Crippen molar-refractivity contribution in [2.75, 3.05) is 5.32 Å². The Morgan fingerprint density at radius 2 is 1.85 bits per heavy atom. The van der Waals surface area contributed by atoms with Crippen molar-refractivity contribution >= 4 is 11.6 Å². The zero-order valence-electron chi connectivity index (χ0n) is 14.5. The first kappa shape index (κ1) is 16.3. The summed E-state index contributed by atoms with van der Waals surface area (Å²) in [6, 6.07) is 13.7. The summed E-state index contributed by atoms with van der Waals surface area (Å²) in [6.45, 7) is 3.97. The number of nitrogens with zero attached hydrogens (tertiary/aromatic N) is 2. The molecule has 0 saturated heterocycles. The van der Waals surface area contributed by atoms with Crippen molar-refractivity contribution in [2.45, 2.75) is 26.1 Å². The van der Waals surface area contributed by atoms with E-state index in [-0.39, 0.29) is 23.9 Å². The monoisotopic (exact) mass is 350 g/mol. The second kappa shape index (κ2) is 6.29. The van der Waals surface area contributed by atoms with E-state index in [1.165, 1.54) is 12.1 Å². The minimum atomic E-state index is -0.365. The number of carbonyl (C=O) groups is 1. The van der Waals surface area contributed by atoms with E-state index in [0.29, 0.717) is 5.56 Å². The molecule has 5 nitrogen and oxygen atoms in total. The number of amides is 1. The molecule has 0 saturated carbocycles. The Balaban J connectivity index is 1.81. The van der Waals surface area contributed by atoms with Crippen molar-refractivity contribution in [3.63, 3.8) is 0 Å². The lowest BCUT2D eigenvalue weighted by molar-refractivity contribution is 0.0617. The second-order valence-electron chi connectivity index (χ2n) is 6.61. The molecule has 2 N–H and O–H groups in total. The number of H-pyrrole nitrogens is 1. The van der Waals surface area contributed by atoms with Crippen molar-refractivity contribution in [2.24, 2.45) is 0 Å². The molecule has 1 atom stereocenters. The molecule has 0 aliphatic carbocycles. The first-order chi connectivity index (χ1) is 12.6. The molecule has 1 aliphatic heterocycles. The van der Waals surface area contributed by atoms with E-state index < -0.39 is 0 Å². The number of hydrogen-bond donors (Lipinski definition) is 2. The summed E-state index contributed by atoms with van der Waals surface area (Å²) in [5, 5.41) is 10.6. The number of aromatic amines is 1. The van der Waals surface area contributed by atoms with Crippen LogP contribution >= 0.6 is 0 Å². The van der Waals surface area contributed by atoms with Crippen LogP contribution in [0.2, 0.25) is 0 Å². The van der Waals surface area contributed by atoms with Crippen LogP contribution in [0.3, 0.4) is 0 Å². The quantitative estimate of drug-likeness (QED) is 0.744. The maximum absolute atomic E-state index is 13.3. The van der Waals surface area contributed by atoms with Crippen LogP contribution in [0.1, 0.15) is 35.9 Å². The van der Waals surface area contributed by atoms with Gasteiger partial charge in [-0.05, 0) is 50.2 Å². The van der Waals surface area contributed by atoms with Crippen LogP contribution < -0.4 is 5.32 Å². The van der Waals surface area contributed by atoms with Gasteiger partial charge in [-0.2, -0.15) is 5.10 Å². The molecule has 132 valence electrons. The zero-order chi connectivity index (χ0) is 18.3. The first-order valence-corrected chi connectivity index (χ1v) is 8.53. The van der Waals surface area contributed by atoms with E-state index in [2.05, 4.69) is 15.5 Å². The normalized spacial score (nSPS) is 16.5. The van der Waals surface area contributed by atoms with Gasteiger partial charge in [-0.15, -0.1) is 0 Å². The SMILES string of the molecule is CC(C)N1C(=O)c2ccccc2NC1c1cn[nH]c1-c1ccc(F)cc1. The van der Waals surface area contributed by atoms with Crippen molar-refractivity contribution in [1.82, 2.24) is 15.1 Å². The van der Waals surface area contributed by atoms with Crippen molar-refractivity contribution < 1.29 is 9.18 Å². The molecular weight excluding hydrogens is 331 g/mol. The fourth-order valence-electron chi connectivity index (χ4n) is 3.38. The fraction of sp³-hybridized carbons (Fsp3) is 0.200. The van der Waals surface area contributed by atoms with Crippen LogP contribution in [0.5, 0.6) is 0 Å². The van der Waals surface area contributed by atoms with Gasteiger partial charge in [-0.3, -0.25) is 9.89 Å². The van der Waals surface area contributed by atoms with Gasteiger partial charge in [0, 0.05) is 22.9 Å². The second-order valence-corrected chi connectivity index (χ2v) is 6.61. The molecule has 6 heteroatoms. The summed E-state index contributed by atoms with van der Waals surface area (Å²) in [7, 11) is 0. The van der Waals surface area contributed by atoms with E-state index in [4.69, 9.17) is 0 Å². The molecule has 0 fully saturated rings. The number of benzene rings is 2. The molecule has 0 bridgehead atoms. The Morgan fingerprint density at radius 3 is 2.58 bits per heavy atom. The van der Waals surface area contributed by atoms with Gasteiger partial charge >= 0.3 is 0 Å². The molecule has 4 rings (SSSR count). The molecule has 1 unspecified atom stereocenters. The number of anilines is 1. The molecule has 3 aromatic rings. The Bertz CT molecular complexity index is 948. The van der Waals surface area contributed by atoms with Gasteiger partial charge in [0.05, 0.1) is 17.5 Å². The van der Waals surface area contributed by atoms with Crippen molar-refractivity contribution in [3.05, 3.63) is 71.7 Å². The average molecular weight is 350 g/mol. The van der Waals surface area contributed by atoms with Crippen LogP contribution in [0, 0.1) is 5.82 Å². The standard InChI is InChI=1S/C20H19FN4O/c1-12(2)25-19(23-17-6-4-3-5-15(17)20(25)26)16-11-22-24-18(16)13-7-9-14(21)10-8-13/h3-12,19,23H,1-2H3,(H,22,24). The minimum absolute atomic E-state index is 0.00989. The number of halogens is 1. The third kappa shape index (κ3) is 2.63. The number of rotatable bonds is 3. The minimum Gasteiger partial charge on any atom is -0.361 e. The first-order valence-electron chi connectivity index (χ1n) is 8.53. The number of fused-ring (bicyclic) bond motifs is 1. The third-order valence-corrected chi connectivity index (χ3v) is 4.61. The predicted molar refractivity (Wildman–Crippen MR) is 98.1 cm³/mol. The Hall–Kier alpha value is -3.15. The summed E-state index contributed by atoms with van der Waals surface area (Å²) in [6.07, 6.45) is 1.35. The molecule has 0 spiro atoms. The van der Waals surface area contributed by atoms with Crippen LogP contribution in [0.4, 0.5) is 10.1 Å². The van der Waals surface area contributed by atoms with E-state index >= 15 is 0 Å². The summed E-state index contributed by atoms with van der Waals surface area (Å²) in [4.78, 5) is 14.9. The summed E-state index contributed by atoms with van der Waals surface area (Å²) < 4.78 is 13.3.